The first kappa shape index (κ1) is 14.6. The smallest absolute Gasteiger partial charge is 0.122 e. The molecule has 0 aliphatic carbocycles. The van der Waals surface area contributed by atoms with Crippen LogP contribution in [-0.2, 0) is 6.54 Å². The van der Waals surface area contributed by atoms with Crippen LogP contribution in [0, 0.1) is 20.8 Å². The third-order valence-electron chi connectivity index (χ3n) is 3.27. The van der Waals surface area contributed by atoms with Crippen molar-refractivity contribution in [2.24, 2.45) is 5.73 Å². The van der Waals surface area contributed by atoms with Gasteiger partial charge >= 0.3 is 0 Å². The zero-order valence-electron chi connectivity index (χ0n) is 12.7. The lowest BCUT2D eigenvalue weighted by Gasteiger charge is -2.25. The van der Waals surface area contributed by atoms with Crippen LogP contribution in [0.4, 0.5) is 0 Å². The highest BCUT2D eigenvalue weighted by Crippen LogP contribution is 2.18. The topological polar surface area (TPSA) is 53.1 Å². The Morgan fingerprint density at radius 1 is 1.25 bits per heavy atom. The maximum atomic E-state index is 6.34. The van der Waals surface area contributed by atoms with Gasteiger partial charge < -0.3 is 10.5 Å². The molecule has 2 aromatic rings. The highest BCUT2D eigenvalue weighted by Gasteiger charge is 2.22. The number of hydrogen-bond donors (Lipinski definition) is 1. The zero-order chi connectivity index (χ0) is 14.8. The average molecular weight is 273 g/mol. The molecule has 1 heterocycles. The number of nitrogens with zero attached hydrogens (tertiary/aromatic N) is 2. The van der Waals surface area contributed by atoms with Crippen LogP contribution in [0.3, 0.4) is 0 Å². The highest BCUT2D eigenvalue weighted by molar-refractivity contribution is 5.31. The number of hydrogen-bond acceptors (Lipinski definition) is 3. The molecule has 4 nitrogen and oxygen atoms in total. The molecule has 1 unspecified atom stereocenters. The molecule has 0 aliphatic heterocycles. The normalized spacial score (nSPS) is 14.1. The second-order valence-corrected chi connectivity index (χ2v) is 5.79. The molecule has 108 valence electrons. The average Bonchev–Trinajstić information content (AvgIpc) is 2.66. The largest absolute Gasteiger partial charge is 0.491 e. The Bertz CT molecular complexity index is 587. The summed E-state index contributed by atoms with van der Waals surface area (Å²) >= 11 is 0. The third kappa shape index (κ3) is 3.61. The van der Waals surface area contributed by atoms with E-state index in [-0.39, 0.29) is 0 Å². The summed E-state index contributed by atoms with van der Waals surface area (Å²) in [5.41, 5.74) is 9.12. The maximum Gasteiger partial charge on any atom is 0.122 e. The molecule has 0 amide bonds. The molecule has 2 N–H and O–H groups in total. The Morgan fingerprint density at radius 3 is 2.55 bits per heavy atom. The Hall–Kier alpha value is -1.81. The van der Waals surface area contributed by atoms with Gasteiger partial charge in [-0.2, -0.15) is 5.10 Å². The molecule has 4 heteroatoms. The quantitative estimate of drug-likeness (QED) is 0.911. The molecule has 0 bridgehead atoms. The molecule has 0 saturated heterocycles. The van der Waals surface area contributed by atoms with E-state index in [1.807, 2.05) is 56.6 Å². The van der Waals surface area contributed by atoms with E-state index >= 15 is 0 Å². The number of nitrogens with two attached hydrogens (primary N) is 1. The Labute approximate surface area is 120 Å². The van der Waals surface area contributed by atoms with Gasteiger partial charge in [-0.05, 0) is 45.4 Å². The Morgan fingerprint density at radius 2 is 1.95 bits per heavy atom. The first-order valence-corrected chi connectivity index (χ1v) is 6.86. The van der Waals surface area contributed by atoms with Crippen LogP contribution in [0.15, 0.2) is 30.3 Å². The fourth-order valence-corrected chi connectivity index (χ4v) is 2.18. The minimum Gasteiger partial charge on any atom is -0.491 e. The molecule has 20 heavy (non-hydrogen) atoms. The van der Waals surface area contributed by atoms with Crippen LogP contribution in [0.25, 0.3) is 0 Å². The van der Waals surface area contributed by atoms with Gasteiger partial charge in [0, 0.05) is 5.69 Å². The van der Waals surface area contributed by atoms with E-state index in [9.17, 15) is 0 Å². The van der Waals surface area contributed by atoms with Crippen molar-refractivity contribution in [1.29, 1.82) is 0 Å². The summed E-state index contributed by atoms with van der Waals surface area (Å²) in [4.78, 5) is 0. The fraction of sp³-hybridized carbons (Fsp3) is 0.438. The summed E-state index contributed by atoms with van der Waals surface area (Å²) in [6.45, 7) is 9.14. The minimum atomic E-state index is -0.467. The van der Waals surface area contributed by atoms with Gasteiger partial charge in [-0.25, -0.2) is 0 Å². The summed E-state index contributed by atoms with van der Waals surface area (Å²) in [5, 5.41) is 4.45. The monoisotopic (exact) mass is 273 g/mol. The molecule has 1 aromatic heterocycles. The van der Waals surface area contributed by atoms with Crippen molar-refractivity contribution in [2.75, 3.05) is 6.61 Å². The van der Waals surface area contributed by atoms with E-state index < -0.39 is 5.54 Å². The van der Waals surface area contributed by atoms with Gasteiger partial charge in [-0.1, -0.05) is 18.2 Å². The molecular formula is C16H23N3O. The molecule has 1 atom stereocenters. The van der Waals surface area contributed by atoms with Crippen LogP contribution >= 0.6 is 0 Å². The van der Waals surface area contributed by atoms with Crippen LogP contribution < -0.4 is 10.5 Å². The molecule has 0 fully saturated rings. The van der Waals surface area contributed by atoms with Crippen molar-refractivity contribution < 1.29 is 4.74 Å². The number of aryl methyl sites for hydroxylation is 3. The van der Waals surface area contributed by atoms with Gasteiger partial charge in [-0.15, -0.1) is 0 Å². The van der Waals surface area contributed by atoms with Crippen molar-refractivity contribution in [2.45, 2.75) is 39.8 Å². The molecule has 1 aromatic carbocycles. The second-order valence-electron chi connectivity index (χ2n) is 5.79. The number of rotatable bonds is 5. The predicted molar refractivity (Wildman–Crippen MR) is 81.0 cm³/mol. The van der Waals surface area contributed by atoms with Crippen LogP contribution in [-0.4, -0.2) is 21.9 Å². The van der Waals surface area contributed by atoms with Gasteiger partial charge in [0.2, 0.25) is 0 Å². The van der Waals surface area contributed by atoms with E-state index in [4.69, 9.17) is 10.5 Å². The number of benzene rings is 1. The summed E-state index contributed by atoms with van der Waals surface area (Å²) in [6, 6.07) is 10.0. The van der Waals surface area contributed by atoms with Crippen LogP contribution in [0.5, 0.6) is 5.75 Å². The fourth-order valence-electron chi connectivity index (χ4n) is 2.18. The van der Waals surface area contributed by atoms with Gasteiger partial charge in [0.15, 0.2) is 0 Å². The molecule has 0 aliphatic rings. The summed E-state index contributed by atoms with van der Waals surface area (Å²) in [7, 11) is 0. The van der Waals surface area contributed by atoms with Gasteiger partial charge in [0.25, 0.3) is 0 Å². The lowest BCUT2D eigenvalue weighted by atomic mass is 10.1. The van der Waals surface area contributed by atoms with E-state index in [2.05, 4.69) is 11.2 Å². The van der Waals surface area contributed by atoms with Crippen molar-refractivity contribution in [3.8, 4) is 5.75 Å². The van der Waals surface area contributed by atoms with E-state index in [0.717, 1.165) is 22.7 Å². The predicted octanol–water partition coefficient (Wildman–Crippen LogP) is 2.60. The first-order valence-electron chi connectivity index (χ1n) is 6.86. The second kappa shape index (κ2) is 5.67. The molecule has 2 rings (SSSR count). The van der Waals surface area contributed by atoms with Crippen LogP contribution in [0.1, 0.15) is 23.9 Å². The molecule has 0 saturated carbocycles. The van der Waals surface area contributed by atoms with Crippen molar-refractivity contribution in [3.63, 3.8) is 0 Å². The SMILES string of the molecule is Cc1cc(C)n(CC(C)(N)COc2ccccc2C)n1. The van der Waals surface area contributed by atoms with Gasteiger partial charge in [0.1, 0.15) is 12.4 Å². The standard InChI is InChI=1S/C16H23N3O/c1-12-7-5-6-8-15(12)20-11-16(4,17)10-19-14(3)9-13(2)18-19/h5-9H,10-11,17H2,1-4H3. The highest BCUT2D eigenvalue weighted by atomic mass is 16.5. The molecule has 0 spiro atoms. The molecular weight excluding hydrogens is 250 g/mol. The summed E-state index contributed by atoms with van der Waals surface area (Å²) in [5.74, 6) is 0.887. The summed E-state index contributed by atoms with van der Waals surface area (Å²) < 4.78 is 7.80. The van der Waals surface area contributed by atoms with Crippen molar-refractivity contribution in [1.82, 2.24) is 9.78 Å². The first-order chi connectivity index (χ1) is 9.37. The Kier molecular flexibility index (Phi) is 4.14. The Balaban J connectivity index is 2.01. The van der Waals surface area contributed by atoms with E-state index in [0.29, 0.717) is 13.2 Å². The van der Waals surface area contributed by atoms with Gasteiger partial charge in [-0.3, -0.25) is 4.68 Å². The number of ether oxygens (including phenoxy) is 1. The van der Waals surface area contributed by atoms with Gasteiger partial charge in [0.05, 0.1) is 17.8 Å². The van der Waals surface area contributed by atoms with E-state index in [1.54, 1.807) is 0 Å². The number of para-hydroxylation sites is 1. The van der Waals surface area contributed by atoms with Crippen molar-refractivity contribution in [3.05, 3.63) is 47.3 Å². The summed E-state index contributed by atoms with van der Waals surface area (Å²) in [6.07, 6.45) is 0. The van der Waals surface area contributed by atoms with E-state index in [1.165, 1.54) is 0 Å². The zero-order valence-corrected chi connectivity index (χ0v) is 12.7. The minimum absolute atomic E-state index is 0.455. The molecule has 0 radical (unpaired) electrons. The van der Waals surface area contributed by atoms with Crippen LogP contribution in [0.2, 0.25) is 0 Å². The maximum absolute atomic E-state index is 6.34. The van der Waals surface area contributed by atoms with Crippen molar-refractivity contribution >= 4 is 0 Å². The lowest BCUT2D eigenvalue weighted by molar-refractivity contribution is 0.205. The lowest BCUT2D eigenvalue weighted by Crippen LogP contribution is -2.46. The number of aromatic nitrogens is 2. The third-order valence-corrected chi connectivity index (χ3v) is 3.27.